The van der Waals surface area contributed by atoms with E-state index in [2.05, 4.69) is 73.0 Å². The number of para-hydroxylation sites is 1. The number of aryl methyl sites for hydroxylation is 2. The molecule has 0 saturated heterocycles. The second-order valence-corrected chi connectivity index (χ2v) is 7.49. The lowest BCUT2D eigenvalue weighted by molar-refractivity contribution is 0.185. The third kappa shape index (κ3) is 6.06. The Bertz CT molecular complexity index is 907. The molecule has 0 aliphatic rings. The minimum absolute atomic E-state index is 0.0421. The van der Waals surface area contributed by atoms with Gasteiger partial charge in [0.1, 0.15) is 5.82 Å². The molecule has 3 aromatic rings. The minimum Gasteiger partial charge on any atom is -0.383 e. The van der Waals surface area contributed by atoms with Crippen molar-refractivity contribution >= 4 is 11.4 Å². The van der Waals surface area contributed by atoms with Crippen LogP contribution in [0, 0.1) is 19.7 Å². The Morgan fingerprint density at radius 3 is 2.10 bits per heavy atom. The van der Waals surface area contributed by atoms with Crippen LogP contribution in [0.1, 0.15) is 22.3 Å². The fourth-order valence-corrected chi connectivity index (χ4v) is 3.29. The lowest BCUT2D eigenvalue weighted by Gasteiger charge is -2.22. The van der Waals surface area contributed by atoms with Gasteiger partial charge >= 0.3 is 0 Å². The van der Waals surface area contributed by atoms with Gasteiger partial charge in [0.05, 0.1) is 24.0 Å². The topological polar surface area (TPSA) is 33.3 Å². The van der Waals surface area contributed by atoms with Crippen LogP contribution in [0.4, 0.5) is 15.8 Å². The molecule has 0 aliphatic heterocycles. The fraction of sp³-hybridized carbons (Fsp3) is 0.280. The van der Waals surface area contributed by atoms with Crippen molar-refractivity contribution in [3.63, 3.8) is 0 Å². The highest BCUT2D eigenvalue weighted by atomic mass is 19.1. The molecule has 4 heteroatoms. The first kappa shape index (κ1) is 20.9. The van der Waals surface area contributed by atoms with E-state index in [1.54, 1.807) is 13.2 Å². The number of benzene rings is 3. The van der Waals surface area contributed by atoms with Gasteiger partial charge in [0.25, 0.3) is 0 Å². The highest BCUT2D eigenvalue weighted by molar-refractivity contribution is 5.70. The molecule has 0 aromatic heterocycles. The third-order valence-corrected chi connectivity index (χ3v) is 4.94. The fourth-order valence-electron chi connectivity index (χ4n) is 3.29. The Labute approximate surface area is 172 Å². The van der Waals surface area contributed by atoms with Crippen molar-refractivity contribution in [3.8, 4) is 0 Å². The highest BCUT2D eigenvalue weighted by Crippen LogP contribution is 2.27. The minimum atomic E-state index is -0.274. The van der Waals surface area contributed by atoms with Crippen molar-refractivity contribution in [3.05, 3.63) is 94.8 Å². The van der Waals surface area contributed by atoms with Gasteiger partial charge < -0.3 is 15.4 Å². The summed E-state index contributed by atoms with van der Waals surface area (Å²) in [6.45, 7) is 5.25. The lowest BCUT2D eigenvalue weighted by atomic mass is 10.0. The molecular weight excluding hydrogens is 363 g/mol. The van der Waals surface area contributed by atoms with Crippen molar-refractivity contribution in [1.29, 1.82) is 0 Å². The summed E-state index contributed by atoms with van der Waals surface area (Å²) in [4.78, 5) is 0. The van der Waals surface area contributed by atoms with E-state index in [0.717, 1.165) is 17.7 Å². The standard InChI is InChI=1S/C25H29FN2O/c1-18-7-11-20(12-8-18)15-22(17-29-3)28-25-23(26)5-4-6-24(25)27-16-21-13-9-19(2)10-14-21/h4-14,22,27-28H,15-17H2,1-3H3/t22-/m0/s1. The molecule has 0 radical (unpaired) electrons. The summed E-state index contributed by atoms with van der Waals surface area (Å²) in [5.74, 6) is -0.274. The van der Waals surface area contributed by atoms with Gasteiger partial charge in [-0.3, -0.25) is 0 Å². The van der Waals surface area contributed by atoms with Gasteiger partial charge in [-0.05, 0) is 43.5 Å². The van der Waals surface area contributed by atoms with Gasteiger partial charge in [-0.25, -0.2) is 4.39 Å². The SMILES string of the molecule is COC[C@H](Cc1ccc(C)cc1)Nc1c(F)cccc1NCc1ccc(C)cc1. The predicted molar refractivity (Wildman–Crippen MR) is 119 cm³/mol. The molecule has 1 atom stereocenters. The Hall–Kier alpha value is -2.85. The maximum atomic E-state index is 14.7. The van der Waals surface area contributed by atoms with Gasteiger partial charge in [-0.1, -0.05) is 65.7 Å². The summed E-state index contributed by atoms with van der Waals surface area (Å²) in [6, 6.07) is 21.8. The van der Waals surface area contributed by atoms with Crippen LogP contribution in [0.5, 0.6) is 0 Å². The zero-order chi connectivity index (χ0) is 20.6. The maximum absolute atomic E-state index is 14.7. The van der Waals surface area contributed by atoms with Gasteiger partial charge in [0.2, 0.25) is 0 Å². The zero-order valence-corrected chi connectivity index (χ0v) is 17.3. The summed E-state index contributed by atoms with van der Waals surface area (Å²) >= 11 is 0. The smallest absolute Gasteiger partial charge is 0.148 e. The van der Waals surface area contributed by atoms with E-state index in [1.807, 2.05) is 6.07 Å². The quantitative estimate of drug-likeness (QED) is 0.488. The highest BCUT2D eigenvalue weighted by Gasteiger charge is 2.15. The van der Waals surface area contributed by atoms with Crippen LogP contribution in [0.15, 0.2) is 66.7 Å². The summed E-state index contributed by atoms with van der Waals surface area (Å²) in [7, 11) is 1.67. The molecule has 0 fully saturated rings. The average Bonchev–Trinajstić information content (AvgIpc) is 2.71. The van der Waals surface area contributed by atoms with Crippen LogP contribution in [-0.4, -0.2) is 19.8 Å². The third-order valence-electron chi connectivity index (χ3n) is 4.94. The van der Waals surface area contributed by atoms with E-state index in [0.29, 0.717) is 18.8 Å². The summed E-state index contributed by atoms with van der Waals surface area (Å²) in [5.41, 5.74) is 6.01. The van der Waals surface area contributed by atoms with Crippen LogP contribution >= 0.6 is 0 Å². The molecule has 0 unspecified atom stereocenters. The number of hydrogen-bond donors (Lipinski definition) is 2. The number of anilines is 2. The first-order valence-electron chi connectivity index (χ1n) is 9.94. The van der Waals surface area contributed by atoms with Gasteiger partial charge in [0, 0.05) is 13.7 Å². The first-order chi connectivity index (χ1) is 14.0. The first-order valence-corrected chi connectivity index (χ1v) is 9.94. The average molecular weight is 393 g/mol. The van der Waals surface area contributed by atoms with E-state index in [4.69, 9.17) is 4.74 Å². The molecule has 152 valence electrons. The number of hydrogen-bond acceptors (Lipinski definition) is 3. The molecule has 29 heavy (non-hydrogen) atoms. The normalized spacial score (nSPS) is 11.9. The van der Waals surface area contributed by atoms with E-state index in [9.17, 15) is 4.39 Å². The van der Waals surface area contributed by atoms with Crippen LogP contribution in [0.25, 0.3) is 0 Å². The van der Waals surface area contributed by atoms with E-state index in [-0.39, 0.29) is 11.9 Å². The molecule has 0 amide bonds. The van der Waals surface area contributed by atoms with Gasteiger partial charge in [-0.15, -0.1) is 0 Å². The molecule has 3 rings (SSSR count). The molecule has 0 aliphatic carbocycles. The van der Waals surface area contributed by atoms with Crippen molar-refractivity contribution < 1.29 is 9.13 Å². The molecule has 0 spiro atoms. The Morgan fingerprint density at radius 2 is 1.48 bits per heavy atom. The monoisotopic (exact) mass is 392 g/mol. The Morgan fingerprint density at radius 1 is 0.862 bits per heavy atom. The molecule has 0 saturated carbocycles. The van der Waals surface area contributed by atoms with E-state index >= 15 is 0 Å². The largest absolute Gasteiger partial charge is 0.383 e. The molecule has 3 nitrogen and oxygen atoms in total. The molecule has 0 heterocycles. The zero-order valence-electron chi connectivity index (χ0n) is 17.3. The second kappa shape index (κ2) is 10.1. The molecule has 0 bridgehead atoms. The van der Waals surface area contributed by atoms with Crippen molar-refractivity contribution in [2.75, 3.05) is 24.4 Å². The number of halogens is 1. The number of ether oxygens (including phenoxy) is 1. The van der Waals surface area contributed by atoms with Crippen LogP contribution in [0.3, 0.4) is 0 Å². The van der Waals surface area contributed by atoms with Crippen molar-refractivity contribution in [2.24, 2.45) is 0 Å². The Balaban J connectivity index is 1.74. The number of nitrogens with one attached hydrogen (secondary N) is 2. The summed E-state index contributed by atoms with van der Waals surface area (Å²) in [6.07, 6.45) is 0.750. The number of methoxy groups -OCH3 is 1. The van der Waals surface area contributed by atoms with Crippen LogP contribution in [0.2, 0.25) is 0 Å². The molecule has 2 N–H and O–H groups in total. The predicted octanol–water partition coefficient (Wildman–Crippen LogP) is 5.72. The van der Waals surface area contributed by atoms with E-state index in [1.165, 1.54) is 22.8 Å². The molecule has 3 aromatic carbocycles. The maximum Gasteiger partial charge on any atom is 0.148 e. The molecular formula is C25H29FN2O. The van der Waals surface area contributed by atoms with Gasteiger partial charge in [0.15, 0.2) is 0 Å². The van der Waals surface area contributed by atoms with Gasteiger partial charge in [-0.2, -0.15) is 0 Å². The lowest BCUT2D eigenvalue weighted by Crippen LogP contribution is -2.28. The summed E-state index contributed by atoms with van der Waals surface area (Å²) < 4.78 is 20.1. The Kier molecular flexibility index (Phi) is 7.25. The second-order valence-electron chi connectivity index (χ2n) is 7.49. The van der Waals surface area contributed by atoms with Crippen LogP contribution in [-0.2, 0) is 17.7 Å². The number of rotatable bonds is 9. The van der Waals surface area contributed by atoms with Crippen molar-refractivity contribution in [2.45, 2.75) is 32.9 Å². The summed E-state index contributed by atoms with van der Waals surface area (Å²) in [5, 5.41) is 6.73. The van der Waals surface area contributed by atoms with Crippen molar-refractivity contribution in [1.82, 2.24) is 0 Å². The van der Waals surface area contributed by atoms with E-state index < -0.39 is 0 Å². The van der Waals surface area contributed by atoms with Crippen LogP contribution < -0.4 is 10.6 Å².